The molecule has 2 aromatic heterocycles. The van der Waals surface area contributed by atoms with Crippen LogP contribution in [-0.4, -0.2) is 27.3 Å². The maximum atomic E-state index is 12.4. The quantitative estimate of drug-likeness (QED) is 0.553. The summed E-state index contributed by atoms with van der Waals surface area (Å²) in [6.45, 7) is 5.12. The zero-order valence-electron chi connectivity index (χ0n) is 15.2. The van der Waals surface area contributed by atoms with Gasteiger partial charge in [-0.1, -0.05) is 34.1 Å². The molecule has 0 saturated heterocycles. The number of benzene rings is 1. The van der Waals surface area contributed by atoms with Crippen LogP contribution in [0.4, 0.5) is 5.82 Å². The molecule has 0 aliphatic carbocycles. The van der Waals surface area contributed by atoms with E-state index in [0.29, 0.717) is 19.0 Å². The molecular formula is C19H21BrN4O2S. The second-order valence-electron chi connectivity index (χ2n) is 5.97. The van der Waals surface area contributed by atoms with Crippen LogP contribution >= 0.6 is 27.3 Å². The van der Waals surface area contributed by atoms with Gasteiger partial charge in [0.15, 0.2) is 0 Å². The first-order valence-electron chi connectivity index (χ1n) is 8.67. The fraction of sp³-hybridized carbons (Fsp3) is 0.316. The van der Waals surface area contributed by atoms with Crippen molar-refractivity contribution in [2.75, 3.05) is 11.9 Å². The average molecular weight is 449 g/mol. The minimum Gasteiger partial charge on any atom is -0.372 e. The Kier molecular flexibility index (Phi) is 6.76. The number of ether oxygens (including phenoxy) is 1. The summed E-state index contributed by atoms with van der Waals surface area (Å²) in [5.41, 5.74) is 1.83. The van der Waals surface area contributed by atoms with Gasteiger partial charge < -0.3 is 10.1 Å². The van der Waals surface area contributed by atoms with E-state index in [0.717, 1.165) is 20.7 Å². The molecule has 0 radical (unpaired) electrons. The van der Waals surface area contributed by atoms with Crippen molar-refractivity contribution in [3.8, 4) is 0 Å². The van der Waals surface area contributed by atoms with Crippen LogP contribution in [0.2, 0.25) is 0 Å². The summed E-state index contributed by atoms with van der Waals surface area (Å²) in [5.74, 6) is 0.540. The van der Waals surface area contributed by atoms with E-state index in [1.807, 2.05) is 43.5 Å². The number of amides is 1. The summed E-state index contributed by atoms with van der Waals surface area (Å²) >= 11 is 5.06. The third-order valence-electron chi connectivity index (χ3n) is 3.94. The fourth-order valence-electron chi connectivity index (χ4n) is 2.62. The Morgan fingerprint density at radius 2 is 2.19 bits per heavy atom. The molecule has 1 unspecified atom stereocenters. The number of hydrogen-bond donors (Lipinski definition) is 1. The zero-order chi connectivity index (χ0) is 19.2. The summed E-state index contributed by atoms with van der Waals surface area (Å²) in [5, 5.41) is 10.0. The third kappa shape index (κ3) is 5.24. The lowest BCUT2D eigenvalue weighted by Crippen LogP contribution is -2.18. The van der Waals surface area contributed by atoms with Crippen LogP contribution in [-0.2, 0) is 22.5 Å². The van der Waals surface area contributed by atoms with Crippen molar-refractivity contribution < 1.29 is 9.53 Å². The monoisotopic (exact) mass is 448 g/mol. The second-order valence-corrected chi connectivity index (χ2v) is 7.71. The summed E-state index contributed by atoms with van der Waals surface area (Å²) < 4.78 is 8.32. The molecule has 3 aromatic rings. The zero-order valence-corrected chi connectivity index (χ0v) is 17.6. The number of thiazole rings is 1. The molecule has 0 aliphatic heterocycles. The summed E-state index contributed by atoms with van der Waals surface area (Å²) in [6, 6.07) is 9.74. The van der Waals surface area contributed by atoms with Gasteiger partial charge in [0, 0.05) is 22.5 Å². The molecule has 1 N–H and O–H groups in total. The lowest BCUT2D eigenvalue weighted by Gasteiger charge is -2.10. The van der Waals surface area contributed by atoms with Crippen molar-refractivity contribution in [2.24, 2.45) is 0 Å². The summed E-state index contributed by atoms with van der Waals surface area (Å²) in [4.78, 5) is 16.9. The Balaban J connectivity index is 1.62. The molecule has 1 amide bonds. The molecule has 1 aromatic carbocycles. The third-order valence-corrected chi connectivity index (χ3v) is 5.77. The van der Waals surface area contributed by atoms with Crippen molar-refractivity contribution in [2.45, 2.75) is 32.9 Å². The molecular weight excluding hydrogens is 428 g/mol. The van der Waals surface area contributed by atoms with Crippen molar-refractivity contribution in [3.63, 3.8) is 0 Å². The molecule has 2 heterocycles. The maximum absolute atomic E-state index is 12.4. The van der Waals surface area contributed by atoms with Gasteiger partial charge in [-0.25, -0.2) is 9.67 Å². The molecule has 6 nitrogen and oxygen atoms in total. The Morgan fingerprint density at radius 3 is 2.96 bits per heavy atom. The smallest absolute Gasteiger partial charge is 0.231 e. The number of hydrogen-bond acceptors (Lipinski definition) is 5. The van der Waals surface area contributed by atoms with Crippen molar-refractivity contribution in [1.29, 1.82) is 0 Å². The van der Waals surface area contributed by atoms with Gasteiger partial charge >= 0.3 is 0 Å². The number of carbonyl (C=O) groups is 1. The SMILES string of the molecule is CCOC(C)c1nc(CC(=O)Nc2ccnn2Cc2ccccc2Br)cs1. The molecule has 1 atom stereocenters. The normalized spacial score (nSPS) is 12.1. The average Bonchev–Trinajstić information content (AvgIpc) is 3.27. The van der Waals surface area contributed by atoms with Gasteiger partial charge in [0.25, 0.3) is 0 Å². The van der Waals surface area contributed by atoms with Crippen molar-refractivity contribution in [1.82, 2.24) is 14.8 Å². The van der Waals surface area contributed by atoms with E-state index in [-0.39, 0.29) is 18.4 Å². The minimum atomic E-state index is -0.121. The lowest BCUT2D eigenvalue weighted by molar-refractivity contribution is -0.115. The number of carbonyl (C=O) groups excluding carboxylic acids is 1. The predicted octanol–water partition coefficient (Wildman–Crippen LogP) is 4.43. The molecule has 0 bridgehead atoms. The van der Waals surface area contributed by atoms with Gasteiger partial charge in [-0.3, -0.25) is 4.79 Å². The highest BCUT2D eigenvalue weighted by Crippen LogP contribution is 2.22. The van der Waals surface area contributed by atoms with Gasteiger partial charge in [-0.2, -0.15) is 5.10 Å². The molecule has 27 heavy (non-hydrogen) atoms. The molecule has 0 aliphatic rings. The standard InChI is InChI=1S/C19H21BrN4O2S/c1-3-26-13(2)19-22-15(12-27-19)10-18(25)23-17-8-9-21-24(17)11-14-6-4-5-7-16(14)20/h4-9,12-13H,3,10-11H2,1-2H3,(H,23,25). The largest absolute Gasteiger partial charge is 0.372 e. The number of halogens is 1. The number of aromatic nitrogens is 3. The summed E-state index contributed by atoms with van der Waals surface area (Å²) in [6.07, 6.45) is 1.84. The first kappa shape index (κ1) is 19.7. The van der Waals surface area contributed by atoms with Crippen LogP contribution in [0.3, 0.4) is 0 Å². The van der Waals surface area contributed by atoms with E-state index < -0.39 is 0 Å². The first-order valence-corrected chi connectivity index (χ1v) is 10.3. The van der Waals surface area contributed by atoms with E-state index in [2.05, 4.69) is 31.3 Å². The fourth-order valence-corrected chi connectivity index (χ4v) is 3.85. The molecule has 0 spiro atoms. The maximum Gasteiger partial charge on any atom is 0.231 e. The van der Waals surface area contributed by atoms with Crippen LogP contribution in [0.5, 0.6) is 0 Å². The molecule has 8 heteroatoms. The highest BCUT2D eigenvalue weighted by molar-refractivity contribution is 9.10. The number of rotatable bonds is 8. The second kappa shape index (κ2) is 9.25. The highest BCUT2D eigenvalue weighted by atomic mass is 79.9. The Bertz CT molecular complexity index is 909. The number of nitrogens with one attached hydrogen (secondary N) is 1. The van der Waals surface area contributed by atoms with Gasteiger partial charge in [0.1, 0.15) is 16.9 Å². The van der Waals surface area contributed by atoms with E-state index in [1.165, 1.54) is 11.3 Å². The minimum absolute atomic E-state index is 0.0532. The van der Waals surface area contributed by atoms with Crippen molar-refractivity contribution in [3.05, 3.63) is 62.6 Å². The van der Waals surface area contributed by atoms with E-state index in [1.54, 1.807) is 16.9 Å². The van der Waals surface area contributed by atoms with Gasteiger partial charge in [-0.15, -0.1) is 11.3 Å². The molecule has 0 fully saturated rings. The highest BCUT2D eigenvalue weighted by Gasteiger charge is 2.14. The van der Waals surface area contributed by atoms with E-state index in [4.69, 9.17) is 4.74 Å². The number of nitrogens with zero attached hydrogens (tertiary/aromatic N) is 3. The predicted molar refractivity (Wildman–Crippen MR) is 110 cm³/mol. The van der Waals surface area contributed by atoms with Gasteiger partial charge in [0.2, 0.25) is 5.91 Å². The van der Waals surface area contributed by atoms with Gasteiger partial charge in [-0.05, 0) is 25.5 Å². The van der Waals surface area contributed by atoms with Gasteiger partial charge in [0.05, 0.1) is 24.9 Å². The molecule has 142 valence electrons. The van der Waals surface area contributed by atoms with Crippen LogP contribution in [0, 0.1) is 0 Å². The number of anilines is 1. The first-order chi connectivity index (χ1) is 13.1. The van der Waals surface area contributed by atoms with E-state index in [9.17, 15) is 4.79 Å². The van der Waals surface area contributed by atoms with E-state index >= 15 is 0 Å². The van der Waals surface area contributed by atoms with Crippen LogP contribution in [0.15, 0.2) is 46.4 Å². The van der Waals surface area contributed by atoms with Crippen LogP contribution < -0.4 is 5.32 Å². The Labute approximate surface area is 170 Å². The van der Waals surface area contributed by atoms with Crippen LogP contribution in [0.25, 0.3) is 0 Å². The topological polar surface area (TPSA) is 69.0 Å². The summed E-state index contributed by atoms with van der Waals surface area (Å²) in [7, 11) is 0. The Hall–Kier alpha value is -2.03. The lowest BCUT2D eigenvalue weighted by atomic mass is 10.2. The van der Waals surface area contributed by atoms with Crippen molar-refractivity contribution >= 4 is 39.0 Å². The molecule has 3 rings (SSSR count). The molecule has 0 saturated carbocycles. The Morgan fingerprint density at radius 1 is 1.37 bits per heavy atom. The van der Waals surface area contributed by atoms with Crippen LogP contribution in [0.1, 0.15) is 36.2 Å².